The Balaban J connectivity index is 1.99. The van der Waals surface area contributed by atoms with Crippen LogP contribution in [0.25, 0.3) is 5.82 Å². The number of aromatic nitrogens is 3. The molecule has 0 aliphatic rings. The highest BCUT2D eigenvalue weighted by atomic mass is 15.2. The van der Waals surface area contributed by atoms with E-state index in [1.54, 1.807) is 18.7 Å². The molecular weight excluding hydrogens is 288 g/mol. The van der Waals surface area contributed by atoms with Crippen LogP contribution in [0.5, 0.6) is 0 Å². The molecule has 0 saturated heterocycles. The maximum Gasteiger partial charge on any atom is 0.191 e. The molecule has 2 N–H and O–H groups in total. The molecule has 2 heterocycles. The molecule has 0 aliphatic carbocycles. The first-order valence-electron chi connectivity index (χ1n) is 8.14. The number of aliphatic imine (C=N–C) groups is 1. The van der Waals surface area contributed by atoms with Gasteiger partial charge < -0.3 is 10.6 Å². The van der Waals surface area contributed by atoms with Crippen molar-refractivity contribution in [3.05, 3.63) is 42.6 Å². The van der Waals surface area contributed by atoms with E-state index in [1.165, 1.54) is 0 Å². The highest BCUT2D eigenvalue weighted by Gasteiger charge is 2.01. The summed E-state index contributed by atoms with van der Waals surface area (Å²) in [6.07, 6.45) is 8.30. The lowest BCUT2D eigenvalue weighted by Crippen LogP contribution is -2.38. The van der Waals surface area contributed by atoms with Crippen LogP contribution in [0.4, 0.5) is 0 Å². The average Bonchev–Trinajstić information content (AvgIpc) is 3.07. The van der Waals surface area contributed by atoms with Gasteiger partial charge in [0.1, 0.15) is 12.1 Å². The van der Waals surface area contributed by atoms with Gasteiger partial charge in [0.15, 0.2) is 5.96 Å². The zero-order valence-corrected chi connectivity index (χ0v) is 14.2. The van der Waals surface area contributed by atoms with Gasteiger partial charge in [-0.1, -0.05) is 13.8 Å². The molecule has 0 bridgehead atoms. The topological polar surface area (TPSA) is 67.1 Å². The average molecular weight is 314 g/mol. The quantitative estimate of drug-likeness (QED) is 0.608. The van der Waals surface area contributed by atoms with Crippen LogP contribution in [0, 0.1) is 5.92 Å². The second-order valence-electron chi connectivity index (χ2n) is 5.80. The van der Waals surface area contributed by atoms with Gasteiger partial charge in [0.05, 0.1) is 6.54 Å². The second kappa shape index (κ2) is 8.92. The first kappa shape index (κ1) is 17.0. The van der Waals surface area contributed by atoms with E-state index in [1.807, 2.05) is 22.9 Å². The van der Waals surface area contributed by atoms with Crippen LogP contribution in [-0.4, -0.2) is 33.6 Å². The molecule has 124 valence electrons. The highest BCUT2D eigenvalue weighted by molar-refractivity contribution is 5.79. The van der Waals surface area contributed by atoms with Crippen molar-refractivity contribution in [1.29, 1.82) is 0 Å². The summed E-state index contributed by atoms with van der Waals surface area (Å²) in [5.74, 6) is 2.39. The summed E-state index contributed by atoms with van der Waals surface area (Å²) < 4.78 is 1.89. The van der Waals surface area contributed by atoms with Gasteiger partial charge in [-0.15, -0.1) is 0 Å². The largest absolute Gasteiger partial charge is 0.357 e. The van der Waals surface area contributed by atoms with Crippen molar-refractivity contribution >= 4 is 5.96 Å². The van der Waals surface area contributed by atoms with Gasteiger partial charge in [0.2, 0.25) is 0 Å². The summed E-state index contributed by atoms with van der Waals surface area (Å²) in [4.78, 5) is 13.1. The predicted octanol–water partition coefficient (Wildman–Crippen LogP) is 2.37. The summed E-state index contributed by atoms with van der Waals surface area (Å²) in [6, 6.07) is 4.02. The van der Waals surface area contributed by atoms with Crippen LogP contribution in [-0.2, 0) is 6.54 Å². The van der Waals surface area contributed by atoms with E-state index < -0.39 is 0 Å². The van der Waals surface area contributed by atoms with E-state index in [0.29, 0.717) is 12.5 Å². The third-order valence-corrected chi connectivity index (χ3v) is 3.36. The molecule has 6 heteroatoms. The summed E-state index contributed by atoms with van der Waals surface area (Å²) >= 11 is 0. The molecule has 0 radical (unpaired) electrons. The Morgan fingerprint density at radius 1 is 1.30 bits per heavy atom. The van der Waals surface area contributed by atoms with Gasteiger partial charge >= 0.3 is 0 Å². The molecule has 0 amide bonds. The summed E-state index contributed by atoms with van der Waals surface area (Å²) in [5.41, 5.74) is 1.12. The van der Waals surface area contributed by atoms with E-state index in [2.05, 4.69) is 46.4 Å². The monoisotopic (exact) mass is 314 g/mol. The zero-order chi connectivity index (χ0) is 16.5. The fourth-order valence-electron chi connectivity index (χ4n) is 2.09. The summed E-state index contributed by atoms with van der Waals surface area (Å²) in [5, 5.41) is 6.65. The minimum atomic E-state index is 0.612. The number of pyridine rings is 1. The molecule has 2 aromatic rings. The molecule has 0 aliphatic heterocycles. The SMILES string of the molecule is CCNC(=NCc1ccnc(-n2ccnc2)c1)NCCC(C)C. The standard InChI is InChI=1S/C17H26N6/c1-4-19-17(21-7-5-14(2)3)22-12-15-6-8-20-16(11-15)23-10-9-18-13-23/h6,8-11,13-14H,4-5,7,12H2,1-3H3,(H2,19,21,22). The third kappa shape index (κ3) is 5.73. The normalized spacial score (nSPS) is 11.7. The first-order chi connectivity index (χ1) is 11.2. The Morgan fingerprint density at radius 2 is 2.17 bits per heavy atom. The molecule has 2 rings (SSSR count). The van der Waals surface area contributed by atoms with Gasteiger partial charge in [-0.3, -0.25) is 4.57 Å². The van der Waals surface area contributed by atoms with Crippen LogP contribution in [0.1, 0.15) is 32.8 Å². The van der Waals surface area contributed by atoms with Gasteiger partial charge in [0, 0.05) is 31.7 Å². The fraction of sp³-hybridized carbons (Fsp3) is 0.471. The zero-order valence-electron chi connectivity index (χ0n) is 14.2. The van der Waals surface area contributed by atoms with Crippen LogP contribution < -0.4 is 10.6 Å². The Hall–Kier alpha value is -2.37. The number of hydrogen-bond donors (Lipinski definition) is 2. The van der Waals surface area contributed by atoms with Crippen LogP contribution in [0.15, 0.2) is 42.0 Å². The van der Waals surface area contributed by atoms with E-state index in [9.17, 15) is 0 Å². The van der Waals surface area contributed by atoms with Crippen LogP contribution in [0.3, 0.4) is 0 Å². The van der Waals surface area contributed by atoms with Crippen molar-refractivity contribution in [3.8, 4) is 5.82 Å². The van der Waals surface area contributed by atoms with Crippen LogP contribution >= 0.6 is 0 Å². The maximum atomic E-state index is 4.64. The molecular formula is C17H26N6. The minimum absolute atomic E-state index is 0.612. The lowest BCUT2D eigenvalue weighted by Gasteiger charge is -2.12. The molecule has 6 nitrogen and oxygen atoms in total. The number of nitrogens with one attached hydrogen (secondary N) is 2. The van der Waals surface area contributed by atoms with Crippen molar-refractivity contribution in [3.63, 3.8) is 0 Å². The van der Waals surface area contributed by atoms with E-state index >= 15 is 0 Å². The molecule has 0 saturated carbocycles. The van der Waals surface area contributed by atoms with E-state index in [-0.39, 0.29) is 0 Å². The van der Waals surface area contributed by atoms with Gasteiger partial charge in [-0.05, 0) is 37.0 Å². The fourth-order valence-corrected chi connectivity index (χ4v) is 2.09. The smallest absolute Gasteiger partial charge is 0.191 e. The third-order valence-electron chi connectivity index (χ3n) is 3.36. The maximum absolute atomic E-state index is 4.64. The lowest BCUT2D eigenvalue weighted by atomic mass is 10.1. The van der Waals surface area contributed by atoms with Gasteiger partial charge in [0.25, 0.3) is 0 Å². The number of imidazole rings is 1. The Morgan fingerprint density at radius 3 is 2.87 bits per heavy atom. The van der Waals surface area contributed by atoms with Crippen molar-refractivity contribution in [2.75, 3.05) is 13.1 Å². The first-order valence-corrected chi connectivity index (χ1v) is 8.14. The van der Waals surface area contributed by atoms with E-state index in [0.717, 1.165) is 36.9 Å². The number of guanidine groups is 1. The van der Waals surface area contributed by atoms with Crippen molar-refractivity contribution < 1.29 is 0 Å². The molecule has 0 aromatic carbocycles. The molecule has 2 aromatic heterocycles. The molecule has 0 fully saturated rings. The molecule has 0 atom stereocenters. The summed E-state index contributed by atoms with van der Waals surface area (Å²) in [6.45, 7) is 8.91. The summed E-state index contributed by atoms with van der Waals surface area (Å²) in [7, 11) is 0. The molecule has 0 spiro atoms. The Bertz CT molecular complexity index is 603. The van der Waals surface area contributed by atoms with Gasteiger partial charge in [-0.25, -0.2) is 15.0 Å². The predicted molar refractivity (Wildman–Crippen MR) is 93.6 cm³/mol. The Kier molecular flexibility index (Phi) is 6.59. The number of nitrogens with zero attached hydrogens (tertiary/aromatic N) is 4. The number of hydrogen-bond acceptors (Lipinski definition) is 3. The van der Waals surface area contributed by atoms with Crippen molar-refractivity contribution in [2.45, 2.75) is 33.7 Å². The highest BCUT2D eigenvalue weighted by Crippen LogP contribution is 2.08. The van der Waals surface area contributed by atoms with Crippen molar-refractivity contribution in [1.82, 2.24) is 25.2 Å². The molecule has 0 unspecified atom stereocenters. The van der Waals surface area contributed by atoms with E-state index in [4.69, 9.17) is 0 Å². The lowest BCUT2D eigenvalue weighted by molar-refractivity contribution is 0.573. The van der Waals surface area contributed by atoms with Gasteiger partial charge in [-0.2, -0.15) is 0 Å². The Labute approximate surface area is 138 Å². The molecule has 23 heavy (non-hydrogen) atoms. The minimum Gasteiger partial charge on any atom is -0.357 e. The number of rotatable bonds is 7. The van der Waals surface area contributed by atoms with Crippen LogP contribution in [0.2, 0.25) is 0 Å². The second-order valence-corrected chi connectivity index (χ2v) is 5.80. The van der Waals surface area contributed by atoms with Crippen molar-refractivity contribution in [2.24, 2.45) is 10.9 Å².